The summed E-state index contributed by atoms with van der Waals surface area (Å²) in [5.74, 6) is -0.504. The van der Waals surface area contributed by atoms with Crippen LogP contribution in [0.2, 0.25) is 0 Å². The first-order chi connectivity index (χ1) is 11.4. The summed E-state index contributed by atoms with van der Waals surface area (Å²) in [5, 5.41) is 8.60. The van der Waals surface area contributed by atoms with E-state index >= 15 is 0 Å². The molecular weight excluding hydrogens is 362 g/mol. The van der Waals surface area contributed by atoms with Gasteiger partial charge in [0, 0.05) is 12.1 Å². The highest BCUT2D eigenvalue weighted by atomic mass is 32.2. The molecule has 7 nitrogen and oxygen atoms in total. The number of benzene rings is 1. The van der Waals surface area contributed by atoms with Crippen LogP contribution < -0.4 is 9.62 Å². The summed E-state index contributed by atoms with van der Waals surface area (Å²) < 4.78 is 50.1. The van der Waals surface area contributed by atoms with Crippen molar-refractivity contribution in [1.29, 1.82) is 0 Å². The molecule has 1 fully saturated rings. The Balaban J connectivity index is 1.79. The Bertz CT molecular complexity index is 870. The topological polar surface area (TPSA) is 92.3 Å². The largest absolute Gasteiger partial charge is 0.296 e. The number of anilines is 2. The third-order valence-corrected chi connectivity index (χ3v) is 6.06. The maximum atomic E-state index is 12.5. The Hall–Kier alpha value is -2.14. The summed E-state index contributed by atoms with van der Waals surface area (Å²) in [6.07, 6.45) is -2.23. The zero-order valence-electron chi connectivity index (χ0n) is 12.1. The van der Waals surface area contributed by atoms with Crippen LogP contribution >= 0.6 is 11.3 Å². The van der Waals surface area contributed by atoms with E-state index in [2.05, 4.69) is 15.5 Å². The fourth-order valence-electron chi connectivity index (χ4n) is 2.27. The second-order valence-corrected chi connectivity index (χ2v) is 8.01. The molecule has 24 heavy (non-hydrogen) atoms. The zero-order valence-corrected chi connectivity index (χ0v) is 13.8. The molecule has 0 unspecified atom stereocenters. The van der Waals surface area contributed by atoms with E-state index in [1.165, 1.54) is 16.4 Å². The number of carbonyl (C=O) groups excluding carboxylic acids is 1. The van der Waals surface area contributed by atoms with Gasteiger partial charge in [0.15, 0.2) is 5.01 Å². The van der Waals surface area contributed by atoms with Crippen molar-refractivity contribution in [3.05, 3.63) is 34.8 Å². The molecule has 128 valence electrons. The highest BCUT2D eigenvalue weighted by Crippen LogP contribution is 2.27. The van der Waals surface area contributed by atoms with Crippen LogP contribution in [0, 0.1) is 0 Å². The lowest BCUT2D eigenvalue weighted by Gasteiger charge is -2.17. The minimum Gasteiger partial charge on any atom is -0.296 e. The lowest BCUT2D eigenvalue weighted by Crippen LogP contribution is -2.25. The number of halogens is 2. The molecule has 2 heterocycles. The van der Waals surface area contributed by atoms with Crippen molar-refractivity contribution in [3.63, 3.8) is 0 Å². The Labute approximate surface area is 140 Å². The van der Waals surface area contributed by atoms with Crippen molar-refractivity contribution in [2.45, 2.75) is 12.8 Å². The van der Waals surface area contributed by atoms with Crippen LogP contribution in [0.5, 0.6) is 0 Å². The lowest BCUT2D eigenvalue weighted by molar-refractivity contribution is 0.102. The van der Waals surface area contributed by atoms with E-state index in [-0.39, 0.29) is 16.4 Å². The molecule has 0 spiro atoms. The van der Waals surface area contributed by atoms with Crippen LogP contribution in [-0.4, -0.2) is 36.8 Å². The summed E-state index contributed by atoms with van der Waals surface area (Å²) in [6, 6.07) is 6.09. The fourth-order valence-corrected chi connectivity index (χ4v) is 4.42. The van der Waals surface area contributed by atoms with Crippen LogP contribution in [0.25, 0.3) is 0 Å². The van der Waals surface area contributed by atoms with Gasteiger partial charge in [0.1, 0.15) is 0 Å². The van der Waals surface area contributed by atoms with E-state index in [0.717, 1.165) is 0 Å². The molecule has 0 radical (unpaired) electrons. The van der Waals surface area contributed by atoms with Gasteiger partial charge in [-0.15, -0.1) is 10.2 Å². The van der Waals surface area contributed by atoms with Crippen molar-refractivity contribution in [1.82, 2.24) is 10.2 Å². The summed E-state index contributed by atoms with van der Waals surface area (Å²) in [5.41, 5.74) is 0.592. The molecule has 1 amide bonds. The average Bonchev–Trinajstić information content (AvgIpc) is 3.13. The normalized spacial score (nSPS) is 16.5. The van der Waals surface area contributed by atoms with E-state index in [0.29, 0.717) is 30.0 Å². The number of carbonyl (C=O) groups is 1. The molecule has 1 aromatic heterocycles. The second-order valence-electron chi connectivity index (χ2n) is 4.99. The number of hydrogen-bond donors (Lipinski definition) is 1. The van der Waals surface area contributed by atoms with Gasteiger partial charge in [-0.25, -0.2) is 17.2 Å². The van der Waals surface area contributed by atoms with Gasteiger partial charge < -0.3 is 0 Å². The maximum Gasteiger partial charge on any atom is 0.291 e. The summed E-state index contributed by atoms with van der Waals surface area (Å²) in [6.45, 7) is 0.363. The molecule has 1 N–H and O–H groups in total. The number of aromatic nitrogens is 2. The molecule has 1 saturated heterocycles. The minimum absolute atomic E-state index is 0.0468. The number of sulfonamides is 1. The van der Waals surface area contributed by atoms with Crippen LogP contribution in [0.15, 0.2) is 24.3 Å². The van der Waals surface area contributed by atoms with Gasteiger partial charge in [-0.3, -0.25) is 14.4 Å². The van der Waals surface area contributed by atoms with E-state index in [1.807, 2.05) is 0 Å². The SMILES string of the molecule is O=C(Nc1nnc(C(F)F)s1)c1cccc(N2CCCS2(=O)=O)c1. The summed E-state index contributed by atoms with van der Waals surface area (Å²) in [7, 11) is -3.35. The van der Waals surface area contributed by atoms with Crippen LogP contribution in [0.1, 0.15) is 28.2 Å². The molecule has 3 rings (SSSR count). The maximum absolute atomic E-state index is 12.5. The van der Waals surface area contributed by atoms with Gasteiger partial charge in [0.05, 0.1) is 11.4 Å². The predicted molar refractivity (Wildman–Crippen MR) is 85.0 cm³/mol. The first-order valence-corrected chi connectivity index (χ1v) is 9.33. The monoisotopic (exact) mass is 374 g/mol. The van der Waals surface area contributed by atoms with Gasteiger partial charge in [0.25, 0.3) is 12.3 Å². The molecule has 0 bridgehead atoms. The standard InChI is InChI=1S/C13H12F2N4O3S2/c14-10(15)12-17-18-13(23-12)16-11(20)8-3-1-4-9(7-8)19-5-2-6-24(19,21)22/h1,3-4,7,10H,2,5-6H2,(H,16,18,20). The van der Waals surface area contributed by atoms with Crippen molar-refractivity contribution in [3.8, 4) is 0 Å². The van der Waals surface area contributed by atoms with Crippen LogP contribution in [0.4, 0.5) is 19.6 Å². The van der Waals surface area contributed by atoms with E-state index in [4.69, 9.17) is 0 Å². The molecule has 11 heteroatoms. The third kappa shape index (κ3) is 3.36. The van der Waals surface area contributed by atoms with Crippen LogP contribution in [-0.2, 0) is 10.0 Å². The first-order valence-electron chi connectivity index (χ1n) is 6.90. The Morgan fingerprint density at radius 3 is 2.75 bits per heavy atom. The summed E-state index contributed by atoms with van der Waals surface area (Å²) in [4.78, 5) is 12.2. The molecule has 1 aliphatic heterocycles. The molecule has 1 aromatic carbocycles. The Kier molecular flexibility index (Phi) is 4.45. The number of nitrogens with zero attached hydrogens (tertiary/aromatic N) is 3. The van der Waals surface area contributed by atoms with E-state index < -0.39 is 27.4 Å². The van der Waals surface area contributed by atoms with Gasteiger partial charge in [-0.1, -0.05) is 17.4 Å². The summed E-state index contributed by atoms with van der Waals surface area (Å²) >= 11 is 0.583. The van der Waals surface area contributed by atoms with Gasteiger partial charge >= 0.3 is 0 Å². The third-order valence-electron chi connectivity index (χ3n) is 3.34. The van der Waals surface area contributed by atoms with Crippen LogP contribution in [0.3, 0.4) is 0 Å². The van der Waals surface area contributed by atoms with Crippen molar-refractivity contribution < 1.29 is 22.0 Å². The number of hydrogen-bond acceptors (Lipinski definition) is 6. The predicted octanol–water partition coefficient (Wildman–Crippen LogP) is 2.27. The minimum atomic E-state index is -3.35. The molecule has 2 aromatic rings. The number of rotatable bonds is 4. The number of nitrogens with one attached hydrogen (secondary N) is 1. The smallest absolute Gasteiger partial charge is 0.291 e. The first kappa shape index (κ1) is 16.7. The Morgan fingerprint density at radius 2 is 2.12 bits per heavy atom. The molecular formula is C13H12F2N4O3S2. The lowest BCUT2D eigenvalue weighted by atomic mass is 10.2. The quantitative estimate of drug-likeness (QED) is 0.886. The molecule has 0 aliphatic carbocycles. The van der Waals surface area contributed by atoms with Gasteiger partial charge in [-0.2, -0.15) is 0 Å². The Morgan fingerprint density at radius 1 is 1.33 bits per heavy atom. The van der Waals surface area contributed by atoms with E-state index in [1.54, 1.807) is 12.1 Å². The van der Waals surface area contributed by atoms with Crippen molar-refractivity contribution >= 4 is 38.1 Å². The van der Waals surface area contributed by atoms with Crippen molar-refractivity contribution in [2.24, 2.45) is 0 Å². The van der Waals surface area contributed by atoms with Gasteiger partial charge in [-0.05, 0) is 24.6 Å². The molecule has 1 aliphatic rings. The van der Waals surface area contributed by atoms with E-state index in [9.17, 15) is 22.0 Å². The molecule has 0 atom stereocenters. The second kappa shape index (κ2) is 6.40. The number of alkyl halides is 2. The fraction of sp³-hybridized carbons (Fsp3) is 0.308. The highest BCUT2D eigenvalue weighted by Gasteiger charge is 2.28. The zero-order chi connectivity index (χ0) is 17.3. The average molecular weight is 374 g/mol. The highest BCUT2D eigenvalue weighted by molar-refractivity contribution is 7.93. The van der Waals surface area contributed by atoms with Gasteiger partial charge in [0.2, 0.25) is 15.2 Å². The molecule has 0 saturated carbocycles. The van der Waals surface area contributed by atoms with Crippen molar-refractivity contribution in [2.75, 3.05) is 21.9 Å². The number of amides is 1.